The molecule has 9 heteroatoms. The maximum absolute atomic E-state index is 12.3. The number of aromatic nitrogens is 2. The fourth-order valence-electron chi connectivity index (χ4n) is 1.88. The predicted molar refractivity (Wildman–Crippen MR) is 71.5 cm³/mol. The summed E-state index contributed by atoms with van der Waals surface area (Å²) in [5.74, 6) is -0.644. The monoisotopic (exact) mass is 319 g/mol. The number of fused-ring (bicyclic) bond motifs is 3. The number of amides is 1. The smallest absolute Gasteiger partial charge is 0.332 e. The van der Waals surface area contributed by atoms with Gasteiger partial charge in [0.1, 0.15) is 11.4 Å². The van der Waals surface area contributed by atoms with Crippen molar-refractivity contribution in [2.75, 3.05) is 13.6 Å². The summed E-state index contributed by atoms with van der Waals surface area (Å²) in [7, 11) is 1.14. The van der Waals surface area contributed by atoms with Gasteiger partial charge in [-0.3, -0.25) is 9.20 Å². The van der Waals surface area contributed by atoms with Crippen molar-refractivity contribution >= 4 is 43.9 Å². The van der Waals surface area contributed by atoms with E-state index in [2.05, 4.69) is 4.98 Å². The van der Waals surface area contributed by atoms with E-state index in [9.17, 15) is 18.0 Å². The van der Waals surface area contributed by atoms with E-state index < -0.39 is 18.6 Å². The van der Waals surface area contributed by atoms with Crippen molar-refractivity contribution < 1.29 is 18.0 Å². The van der Waals surface area contributed by atoms with Crippen molar-refractivity contribution in [2.24, 2.45) is 0 Å². The molecule has 0 saturated heterocycles. The molecule has 0 aromatic carbocycles. The van der Waals surface area contributed by atoms with Gasteiger partial charge in [-0.2, -0.15) is 13.2 Å². The molecule has 1 amide bonds. The molecule has 0 saturated carbocycles. The summed E-state index contributed by atoms with van der Waals surface area (Å²) in [6.45, 7) is -1.26. The second kappa shape index (κ2) is 4.45. The van der Waals surface area contributed by atoms with Crippen LogP contribution in [0.2, 0.25) is 0 Å². The molecule has 106 valence electrons. The van der Waals surface area contributed by atoms with Crippen LogP contribution in [0, 0.1) is 0 Å². The van der Waals surface area contributed by atoms with E-state index in [0.717, 1.165) is 28.9 Å². The highest BCUT2D eigenvalue weighted by Gasteiger charge is 2.32. The van der Waals surface area contributed by atoms with Crippen LogP contribution in [0.1, 0.15) is 9.67 Å². The number of rotatable bonds is 2. The van der Waals surface area contributed by atoms with E-state index in [1.54, 1.807) is 6.07 Å². The topological polar surface area (TPSA) is 37.6 Å². The molecule has 0 aliphatic heterocycles. The summed E-state index contributed by atoms with van der Waals surface area (Å²) in [5.41, 5.74) is 0.745. The van der Waals surface area contributed by atoms with Crippen molar-refractivity contribution in [3.05, 3.63) is 22.5 Å². The zero-order chi connectivity index (χ0) is 14.5. The second-order valence-electron chi connectivity index (χ2n) is 4.24. The van der Waals surface area contributed by atoms with Crippen molar-refractivity contribution in [3.8, 4) is 0 Å². The fourth-order valence-corrected chi connectivity index (χ4v) is 3.68. The number of thiazole rings is 1. The zero-order valence-corrected chi connectivity index (χ0v) is 11.8. The van der Waals surface area contributed by atoms with Crippen LogP contribution in [0.15, 0.2) is 17.6 Å². The Morgan fingerprint density at radius 3 is 2.95 bits per heavy atom. The van der Waals surface area contributed by atoms with Gasteiger partial charge in [0.05, 0.1) is 10.4 Å². The Labute approximate surface area is 119 Å². The Hall–Kier alpha value is -1.61. The fraction of sp³-hybridized carbons (Fsp3) is 0.273. The Morgan fingerprint density at radius 1 is 1.50 bits per heavy atom. The van der Waals surface area contributed by atoms with Crippen LogP contribution >= 0.6 is 22.7 Å². The normalized spacial score (nSPS) is 12.4. The number of imidazole rings is 1. The quantitative estimate of drug-likeness (QED) is 0.727. The van der Waals surface area contributed by atoms with Crippen LogP contribution in [0.4, 0.5) is 13.2 Å². The minimum absolute atomic E-state index is 0.259. The molecule has 3 aromatic heterocycles. The first-order valence-electron chi connectivity index (χ1n) is 5.52. The third-order valence-corrected chi connectivity index (χ3v) is 4.48. The summed E-state index contributed by atoms with van der Waals surface area (Å²) < 4.78 is 38.7. The molecule has 0 aliphatic carbocycles. The molecule has 20 heavy (non-hydrogen) atoms. The van der Waals surface area contributed by atoms with Crippen molar-refractivity contribution in [2.45, 2.75) is 6.18 Å². The van der Waals surface area contributed by atoms with Gasteiger partial charge in [0.25, 0.3) is 5.91 Å². The van der Waals surface area contributed by atoms with E-state index in [1.807, 2.05) is 16.0 Å². The number of alkyl halides is 3. The number of halogens is 3. The van der Waals surface area contributed by atoms with Crippen molar-refractivity contribution in [1.82, 2.24) is 14.3 Å². The van der Waals surface area contributed by atoms with E-state index in [4.69, 9.17) is 0 Å². The minimum Gasteiger partial charge on any atom is -0.332 e. The van der Waals surface area contributed by atoms with Gasteiger partial charge in [0.15, 0.2) is 4.96 Å². The Balaban J connectivity index is 1.93. The standard InChI is InChI=1S/C11H8F3N3OS2/c1-16(5-11(12,13)14)9(18)7-4-6-8(20-7)15-10-17(6)2-3-19-10/h2-4H,5H2,1H3. The average Bonchev–Trinajstić information content (AvgIpc) is 2.95. The number of hydrogen-bond acceptors (Lipinski definition) is 4. The third-order valence-electron chi connectivity index (χ3n) is 2.71. The third kappa shape index (κ3) is 2.27. The molecule has 3 rings (SSSR count). The van der Waals surface area contributed by atoms with Gasteiger partial charge in [-0.05, 0) is 6.07 Å². The molecule has 0 radical (unpaired) electrons. The highest BCUT2D eigenvalue weighted by Crippen LogP contribution is 2.29. The first kappa shape index (κ1) is 13.4. The highest BCUT2D eigenvalue weighted by molar-refractivity contribution is 7.21. The van der Waals surface area contributed by atoms with Gasteiger partial charge in [-0.15, -0.1) is 22.7 Å². The molecule has 0 atom stereocenters. The first-order chi connectivity index (χ1) is 9.35. The summed E-state index contributed by atoms with van der Waals surface area (Å²) >= 11 is 2.57. The molecular weight excluding hydrogens is 311 g/mol. The van der Waals surface area contributed by atoms with Gasteiger partial charge >= 0.3 is 6.18 Å². The number of thiophene rings is 1. The van der Waals surface area contributed by atoms with Crippen LogP contribution < -0.4 is 0 Å². The van der Waals surface area contributed by atoms with E-state index in [0.29, 0.717) is 9.73 Å². The van der Waals surface area contributed by atoms with Crippen LogP contribution in [-0.2, 0) is 0 Å². The molecule has 4 nitrogen and oxygen atoms in total. The van der Waals surface area contributed by atoms with Crippen LogP contribution in [0.25, 0.3) is 15.3 Å². The highest BCUT2D eigenvalue weighted by atomic mass is 32.1. The van der Waals surface area contributed by atoms with E-state index >= 15 is 0 Å². The van der Waals surface area contributed by atoms with Crippen molar-refractivity contribution in [3.63, 3.8) is 0 Å². The maximum Gasteiger partial charge on any atom is 0.406 e. The molecule has 0 aliphatic rings. The molecule has 0 spiro atoms. The maximum atomic E-state index is 12.3. The Bertz CT molecular complexity index is 786. The molecule has 3 heterocycles. The Morgan fingerprint density at radius 2 is 2.25 bits per heavy atom. The first-order valence-corrected chi connectivity index (χ1v) is 7.22. The predicted octanol–water partition coefficient (Wildman–Crippen LogP) is 3.24. The minimum atomic E-state index is -4.40. The number of nitrogens with zero attached hydrogens (tertiary/aromatic N) is 3. The van der Waals surface area contributed by atoms with Gasteiger partial charge in [0.2, 0.25) is 0 Å². The van der Waals surface area contributed by atoms with Crippen LogP contribution in [0.3, 0.4) is 0 Å². The lowest BCUT2D eigenvalue weighted by molar-refractivity contribution is -0.138. The van der Waals surface area contributed by atoms with Gasteiger partial charge in [0, 0.05) is 18.6 Å². The van der Waals surface area contributed by atoms with Crippen LogP contribution in [-0.4, -0.2) is 40.0 Å². The SMILES string of the molecule is CN(CC(F)(F)F)C(=O)c1cc2c(nc3sccn32)s1. The summed E-state index contributed by atoms with van der Waals surface area (Å²) in [6.07, 6.45) is -2.58. The lowest BCUT2D eigenvalue weighted by atomic mass is 10.4. The average molecular weight is 319 g/mol. The molecule has 0 bridgehead atoms. The molecule has 3 aromatic rings. The van der Waals surface area contributed by atoms with E-state index in [1.165, 1.54) is 11.3 Å². The lowest BCUT2D eigenvalue weighted by Crippen LogP contribution is -2.35. The zero-order valence-electron chi connectivity index (χ0n) is 10.1. The molecular formula is C11H8F3N3OS2. The molecule has 0 fully saturated rings. The van der Waals surface area contributed by atoms with Crippen molar-refractivity contribution in [1.29, 1.82) is 0 Å². The lowest BCUT2D eigenvalue weighted by Gasteiger charge is -2.17. The van der Waals surface area contributed by atoms with Crippen LogP contribution in [0.5, 0.6) is 0 Å². The van der Waals surface area contributed by atoms with Gasteiger partial charge in [-0.1, -0.05) is 0 Å². The van der Waals surface area contributed by atoms with E-state index in [-0.39, 0.29) is 4.88 Å². The summed E-state index contributed by atoms with van der Waals surface area (Å²) in [4.78, 5) is 18.7. The second-order valence-corrected chi connectivity index (χ2v) is 6.15. The number of carbonyl (C=O) groups excluding carboxylic acids is 1. The summed E-state index contributed by atoms with van der Waals surface area (Å²) in [5, 5.41) is 1.86. The summed E-state index contributed by atoms with van der Waals surface area (Å²) in [6, 6.07) is 1.59. The number of hydrogen-bond donors (Lipinski definition) is 0. The largest absolute Gasteiger partial charge is 0.406 e. The number of carbonyl (C=O) groups is 1. The van der Waals surface area contributed by atoms with Gasteiger partial charge in [-0.25, -0.2) is 4.98 Å². The molecule has 0 unspecified atom stereocenters. The van der Waals surface area contributed by atoms with Gasteiger partial charge < -0.3 is 4.90 Å². The Kier molecular flexibility index (Phi) is 2.98. The molecule has 0 N–H and O–H groups in total.